The molecule has 0 fully saturated rings. The number of carbonyl (C=O) groups is 2. The topological polar surface area (TPSA) is 79.8 Å². The molecular formula is C19H17N3O3S. The Hall–Kier alpha value is -3.19. The standard InChI is InChI=1S/C19H17N3O3S/c1-25-16-8-4-2-7-15(16)19(24)20-11-18(23)22-21-10-13-12-26-17-9-5-3-6-14(13)17/h2-10,12H,11H2,1H3,(H,20,24)(H,22,23). The summed E-state index contributed by atoms with van der Waals surface area (Å²) in [6.07, 6.45) is 1.60. The monoisotopic (exact) mass is 367 g/mol. The summed E-state index contributed by atoms with van der Waals surface area (Å²) in [5.41, 5.74) is 3.72. The van der Waals surface area contributed by atoms with Gasteiger partial charge in [0.2, 0.25) is 0 Å². The number of thiophene rings is 1. The SMILES string of the molecule is COc1ccccc1C(=O)NCC(=O)NN=Cc1csc2ccccc12. The number of methoxy groups -OCH3 is 1. The van der Waals surface area contributed by atoms with E-state index in [1.807, 2.05) is 29.6 Å². The van der Waals surface area contributed by atoms with Crippen LogP contribution in [0.25, 0.3) is 10.1 Å². The van der Waals surface area contributed by atoms with Crippen molar-refractivity contribution in [1.29, 1.82) is 0 Å². The highest BCUT2D eigenvalue weighted by molar-refractivity contribution is 7.17. The van der Waals surface area contributed by atoms with Crippen molar-refractivity contribution < 1.29 is 14.3 Å². The predicted molar refractivity (Wildman–Crippen MR) is 103 cm³/mol. The fraction of sp³-hybridized carbons (Fsp3) is 0.105. The summed E-state index contributed by atoms with van der Waals surface area (Å²) in [6, 6.07) is 14.8. The third-order valence-corrected chi connectivity index (χ3v) is 4.65. The second-order valence-electron chi connectivity index (χ2n) is 5.36. The van der Waals surface area contributed by atoms with Crippen molar-refractivity contribution in [3.05, 3.63) is 65.0 Å². The van der Waals surface area contributed by atoms with Gasteiger partial charge in [0, 0.05) is 21.0 Å². The molecule has 1 aromatic heterocycles. The zero-order valence-electron chi connectivity index (χ0n) is 14.1. The lowest BCUT2D eigenvalue weighted by molar-refractivity contribution is -0.120. The molecule has 0 saturated carbocycles. The summed E-state index contributed by atoms with van der Waals surface area (Å²) >= 11 is 1.62. The van der Waals surface area contributed by atoms with Gasteiger partial charge in [-0.15, -0.1) is 11.3 Å². The maximum atomic E-state index is 12.1. The largest absolute Gasteiger partial charge is 0.496 e. The number of para-hydroxylation sites is 1. The lowest BCUT2D eigenvalue weighted by atomic mass is 10.2. The molecule has 7 heteroatoms. The Bertz CT molecular complexity index is 965. The van der Waals surface area contributed by atoms with E-state index in [2.05, 4.69) is 15.8 Å². The van der Waals surface area contributed by atoms with Gasteiger partial charge < -0.3 is 10.1 Å². The number of nitrogens with zero attached hydrogens (tertiary/aromatic N) is 1. The molecule has 0 spiro atoms. The Morgan fingerprint density at radius 2 is 1.92 bits per heavy atom. The number of nitrogens with one attached hydrogen (secondary N) is 2. The third kappa shape index (κ3) is 4.07. The molecule has 0 aliphatic heterocycles. The van der Waals surface area contributed by atoms with Gasteiger partial charge in [0.25, 0.3) is 11.8 Å². The van der Waals surface area contributed by atoms with E-state index < -0.39 is 5.91 Å². The number of rotatable bonds is 6. The number of hydrogen-bond acceptors (Lipinski definition) is 5. The van der Waals surface area contributed by atoms with Crippen molar-refractivity contribution in [2.75, 3.05) is 13.7 Å². The fourth-order valence-corrected chi connectivity index (χ4v) is 3.31. The Labute approximate surface area is 154 Å². The van der Waals surface area contributed by atoms with Crippen LogP contribution in [0.15, 0.2) is 59.0 Å². The molecule has 0 aliphatic carbocycles. The summed E-state index contributed by atoms with van der Waals surface area (Å²) in [5.74, 6) is -0.345. The smallest absolute Gasteiger partial charge is 0.259 e. The van der Waals surface area contributed by atoms with Gasteiger partial charge in [-0.2, -0.15) is 5.10 Å². The van der Waals surface area contributed by atoms with E-state index in [4.69, 9.17) is 4.74 Å². The van der Waals surface area contributed by atoms with Gasteiger partial charge in [0.15, 0.2) is 0 Å². The van der Waals surface area contributed by atoms with Crippen LogP contribution in [-0.4, -0.2) is 31.7 Å². The van der Waals surface area contributed by atoms with E-state index in [1.165, 1.54) is 7.11 Å². The average Bonchev–Trinajstić information content (AvgIpc) is 3.09. The number of ether oxygens (including phenoxy) is 1. The lowest BCUT2D eigenvalue weighted by Crippen LogP contribution is -2.35. The maximum Gasteiger partial charge on any atom is 0.259 e. The summed E-state index contributed by atoms with van der Waals surface area (Å²) in [7, 11) is 1.49. The van der Waals surface area contributed by atoms with Gasteiger partial charge in [-0.1, -0.05) is 30.3 Å². The van der Waals surface area contributed by atoms with E-state index in [9.17, 15) is 9.59 Å². The normalized spacial score (nSPS) is 10.8. The second-order valence-corrected chi connectivity index (χ2v) is 6.27. The molecule has 2 amide bonds. The summed E-state index contributed by atoms with van der Waals surface area (Å²) in [5, 5.41) is 9.56. The first-order valence-corrected chi connectivity index (χ1v) is 8.76. The Kier molecular flexibility index (Phi) is 5.60. The molecular weight excluding hydrogens is 350 g/mol. The van der Waals surface area contributed by atoms with Gasteiger partial charge in [-0.3, -0.25) is 9.59 Å². The molecule has 3 rings (SSSR count). The molecule has 0 saturated heterocycles. The van der Waals surface area contributed by atoms with Crippen LogP contribution in [0.1, 0.15) is 15.9 Å². The van der Waals surface area contributed by atoms with Crippen molar-refractivity contribution in [3.8, 4) is 5.75 Å². The Balaban J connectivity index is 1.53. The molecule has 2 aromatic carbocycles. The zero-order chi connectivity index (χ0) is 18.4. The maximum absolute atomic E-state index is 12.1. The first kappa shape index (κ1) is 17.6. The van der Waals surface area contributed by atoms with Gasteiger partial charge in [-0.25, -0.2) is 5.43 Å². The van der Waals surface area contributed by atoms with Crippen LogP contribution < -0.4 is 15.5 Å². The molecule has 6 nitrogen and oxygen atoms in total. The van der Waals surface area contributed by atoms with Crippen LogP contribution in [0.5, 0.6) is 5.75 Å². The lowest BCUT2D eigenvalue weighted by Gasteiger charge is -2.08. The highest BCUT2D eigenvalue weighted by Crippen LogP contribution is 2.24. The van der Waals surface area contributed by atoms with Crippen LogP contribution >= 0.6 is 11.3 Å². The number of benzene rings is 2. The molecule has 2 N–H and O–H groups in total. The number of hydrogen-bond donors (Lipinski definition) is 2. The molecule has 3 aromatic rings. The van der Waals surface area contributed by atoms with Crippen molar-refractivity contribution in [2.24, 2.45) is 5.10 Å². The van der Waals surface area contributed by atoms with Crippen LogP contribution in [0.2, 0.25) is 0 Å². The minimum atomic E-state index is -0.413. The molecule has 0 unspecified atom stereocenters. The van der Waals surface area contributed by atoms with Crippen molar-refractivity contribution in [1.82, 2.24) is 10.7 Å². The molecule has 1 heterocycles. The quantitative estimate of drug-likeness (QED) is 0.519. The molecule has 26 heavy (non-hydrogen) atoms. The molecule has 0 bridgehead atoms. The first-order valence-electron chi connectivity index (χ1n) is 7.88. The number of carbonyl (C=O) groups excluding carboxylic acids is 2. The van der Waals surface area contributed by atoms with E-state index in [0.29, 0.717) is 11.3 Å². The van der Waals surface area contributed by atoms with Gasteiger partial charge >= 0.3 is 0 Å². The number of amides is 2. The third-order valence-electron chi connectivity index (χ3n) is 3.66. The van der Waals surface area contributed by atoms with Crippen molar-refractivity contribution in [2.45, 2.75) is 0 Å². The van der Waals surface area contributed by atoms with E-state index in [0.717, 1.165) is 15.6 Å². The number of fused-ring (bicyclic) bond motifs is 1. The summed E-state index contributed by atoms with van der Waals surface area (Å²) < 4.78 is 6.29. The van der Waals surface area contributed by atoms with Crippen LogP contribution in [-0.2, 0) is 4.79 Å². The average molecular weight is 367 g/mol. The molecule has 132 valence electrons. The van der Waals surface area contributed by atoms with Crippen LogP contribution in [0.4, 0.5) is 0 Å². The van der Waals surface area contributed by atoms with Gasteiger partial charge in [0.1, 0.15) is 5.75 Å². The van der Waals surface area contributed by atoms with E-state index in [-0.39, 0.29) is 12.5 Å². The Morgan fingerprint density at radius 3 is 2.77 bits per heavy atom. The molecule has 0 atom stereocenters. The minimum Gasteiger partial charge on any atom is -0.496 e. The molecule has 0 aliphatic rings. The molecule has 0 radical (unpaired) electrons. The van der Waals surface area contributed by atoms with Gasteiger partial charge in [0.05, 0.1) is 25.4 Å². The highest BCUT2D eigenvalue weighted by atomic mass is 32.1. The van der Waals surface area contributed by atoms with Crippen molar-refractivity contribution in [3.63, 3.8) is 0 Å². The zero-order valence-corrected chi connectivity index (χ0v) is 14.9. The number of hydrazone groups is 1. The Morgan fingerprint density at radius 1 is 1.15 bits per heavy atom. The van der Waals surface area contributed by atoms with Crippen LogP contribution in [0, 0.1) is 0 Å². The fourth-order valence-electron chi connectivity index (χ4n) is 2.40. The van der Waals surface area contributed by atoms with Crippen LogP contribution in [0.3, 0.4) is 0 Å². The van der Waals surface area contributed by atoms with Crippen molar-refractivity contribution >= 4 is 39.5 Å². The summed E-state index contributed by atoms with van der Waals surface area (Å²) in [6.45, 7) is -0.182. The minimum absolute atomic E-state index is 0.182. The second kappa shape index (κ2) is 8.26. The predicted octanol–water partition coefficient (Wildman–Crippen LogP) is 2.79. The first-order chi connectivity index (χ1) is 12.7. The van der Waals surface area contributed by atoms with Gasteiger partial charge in [-0.05, 0) is 18.2 Å². The van der Waals surface area contributed by atoms with E-state index in [1.54, 1.807) is 41.8 Å². The highest BCUT2D eigenvalue weighted by Gasteiger charge is 2.12. The summed E-state index contributed by atoms with van der Waals surface area (Å²) in [4.78, 5) is 24.0. The van der Waals surface area contributed by atoms with E-state index >= 15 is 0 Å².